The summed E-state index contributed by atoms with van der Waals surface area (Å²) in [6.07, 6.45) is 18.5. The van der Waals surface area contributed by atoms with Crippen LogP contribution in [0, 0.1) is 24.7 Å². The molecular weight excluding hydrogens is 440 g/mol. The van der Waals surface area contributed by atoms with Crippen LogP contribution in [0.15, 0.2) is 58.7 Å². The first-order valence-corrected chi connectivity index (χ1v) is 11.3. The summed E-state index contributed by atoms with van der Waals surface area (Å²) in [6, 6.07) is 9.79. The van der Waals surface area contributed by atoms with Crippen LogP contribution in [0.25, 0.3) is 0 Å². The first-order chi connectivity index (χ1) is 16.8. The van der Waals surface area contributed by atoms with E-state index in [9.17, 15) is 4.79 Å². The van der Waals surface area contributed by atoms with Crippen LogP contribution < -0.4 is 28.2 Å². The Hall–Kier alpha value is -4.21. The van der Waals surface area contributed by atoms with Gasteiger partial charge in [-0.2, -0.15) is 0 Å². The van der Waals surface area contributed by atoms with E-state index in [1.54, 1.807) is 17.4 Å². The Balaban J connectivity index is 0.00000145. The van der Waals surface area contributed by atoms with Gasteiger partial charge in [0.2, 0.25) is 0 Å². The van der Waals surface area contributed by atoms with Gasteiger partial charge >= 0.3 is 0 Å². The maximum atomic E-state index is 12.5. The number of H-pyrrole nitrogens is 1. The van der Waals surface area contributed by atoms with Crippen molar-refractivity contribution in [1.82, 2.24) is 9.99 Å². The van der Waals surface area contributed by atoms with E-state index in [4.69, 9.17) is 22.6 Å². The first kappa shape index (κ1) is 28.8. The van der Waals surface area contributed by atoms with E-state index in [1.165, 1.54) is 25.5 Å². The number of nitrogens with zero attached hydrogens (tertiary/aromatic N) is 3. The van der Waals surface area contributed by atoms with Crippen molar-refractivity contribution in [2.45, 2.75) is 57.5 Å². The van der Waals surface area contributed by atoms with Crippen LogP contribution >= 0.6 is 0 Å². The molecule has 0 radical (unpaired) electrons. The molecule has 1 aliphatic rings. The number of amidine groups is 1. The normalized spacial score (nSPS) is 14.2. The van der Waals surface area contributed by atoms with Gasteiger partial charge in [0, 0.05) is 31.2 Å². The molecule has 35 heavy (non-hydrogen) atoms. The van der Waals surface area contributed by atoms with E-state index in [-0.39, 0.29) is 11.4 Å². The van der Waals surface area contributed by atoms with Crippen LogP contribution in [-0.4, -0.2) is 21.9 Å². The molecule has 1 aliphatic carbocycles. The highest BCUT2D eigenvalue weighted by Gasteiger charge is 2.24. The van der Waals surface area contributed by atoms with E-state index in [2.05, 4.69) is 34.7 Å². The fraction of sp³-hybridized carbons (Fsp3) is 0.346. The number of rotatable bonds is 7. The Morgan fingerprint density at radius 2 is 1.77 bits per heavy atom. The van der Waals surface area contributed by atoms with Crippen LogP contribution in [0.4, 0.5) is 11.4 Å². The van der Waals surface area contributed by atoms with Gasteiger partial charge in [0.1, 0.15) is 11.4 Å². The minimum absolute atomic E-state index is 0.179. The number of benzene rings is 1. The molecule has 0 unspecified atom stereocenters. The number of hydrogen-bond acceptors (Lipinski definition) is 7. The number of pyridine rings is 1. The van der Waals surface area contributed by atoms with Gasteiger partial charge in [0.15, 0.2) is 0 Å². The summed E-state index contributed by atoms with van der Waals surface area (Å²) in [5.41, 5.74) is 13.8. The lowest BCUT2D eigenvalue weighted by Gasteiger charge is -2.34. The molecule has 0 atom stereocenters. The molecule has 9 nitrogen and oxygen atoms in total. The van der Waals surface area contributed by atoms with Gasteiger partial charge in [-0.05, 0) is 50.5 Å². The topological polar surface area (TPSA) is 162 Å². The summed E-state index contributed by atoms with van der Waals surface area (Å²) in [6.45, 7) is 7.48. The van der Waals surface area contributed by atoms with Gasteiger partial charge in [-0.3, -0.25) is 4.79 Å². The van der Waals surface area contributed by atoms with Crippen molar-refractivity contribution >= 4 is 17.2 Å². The molecule has 0 amide bonds. The zero-order chi connectivity index (χ0) is 26.4. The second-order valence-corrected chi connectivity index (χ2v) is 8.43. The molecule has 1 aromatic carbocycles. The fourth-order valence-corrected chi connectivity index (χ4v) is 3.89. The SMILES string of the molecule is C#C.C#N.CC(C)(c1ccc(N=C(N)c2c(NC3CCCCC3)cc[nH]c2=O)cc1)N(N)/C=C\N. The third kappa shape index (κ3) is 7.66. The summed E-state index contributed by atoms with van der Waals surface area (Å²) in [5, 5.41) is 11.5. The van der Waals surface area contributed by atoms with Crippen LogP contribution in [0.1, 0.15) is 57.1 Å². The number of hydrazine groups is 1. The fourth-order valence-electron chi connectivity index (χ4n) is 3.89. The Kier molecular flexibility index (Phi) is 11.6. The summed E-state index contributed by atoms with van der Waals surface area (Å²) in [4.78, 5) is 19.8. The second kappa shape index (κ2) is 14.1. The van der Waals surface area contributed by atoms with Crippen molar-refractivity contribution in [2.75, 3.05) is 5.32 Å². The molecule has 0 bridgehead atoms. The highest BCUT2D eigenvalue weighted by atomic mass is 16.1. The maximum Gasteiger partial charge on any atom is 0.261 e. The molecule has 0 aliphatic heterocycles. The van der Waals surface area contributed by atoms with Crippen LogP contribution in [0.3, 0.4) is 0 Å². The highest BCUT2D eigenvalue weighted by molar-refractivity contribution is 6.03. The van der Waals surface area contributed by atoms with Gasteiger partial charge < -0.3 is 26.8 Å². The average Bonchev–Trinajstić information content (AvgIpc) is 2.87. The molecule has 1 saturated carbocycles. The van der Waals surface area contributed by atoms with E-state index in [0.29, 0.717) is 17.3 Å². The molecule has 0 saturated heterocycles. The molecule has 0 spiro atoms. The van der Waals surface area contributed by atoms with Gasteiger partial charge in [-0.25, -0.2) is 16.1 Å². The van der Waals surface area contributed by atoms with Gasteiger partial charge in [0.05, 0.1) is 16.9 Å². The number of anilines is 1. The molecule has 1 aromatic heterocycles. The summed E-state index contributed by atoms with van der Waals surface area (Å²) in [7, 11) is 0. The van der Waals surface area contributed by atoms with Gasteiger partial charge in [-0.1, -0.05) is 31.4 Å². The van der Waals surface area contributed by atoms with Gasteiger partial charge in [-0.15, -0.1) is 12.8 Å². The molecule has 3 rings (SSSR count). The third-order valence-electron chi connectivity index (χ3n) is 5.90. The number of hydrogen-bond donors (Lipinski definition) is 5. The van der Waals surface area contributed by atoms with Crippen molar-refractivity contribution in [3.05, 3.63) is 70.4 Å². The predicted octanol–water partition coefficient (Wildman–Crippen LogP) is 3.39. The number of aromatic nitrogens is 1. The van der Waals surface area contributed by atoms with Crippen molar-refractivity contribution in [1.29, 1.82) is 5.26 Å². The standard InChI is InChI=1S/C23H33N7O.C2H2.CHN/c1-23(2,30(26)15-13-24)16-8-10-18(11-9-16)29-21(25)20-19(12-14-27-22(20)31)28-17-6-4-3-5-7-17;2*1-2/h8-15,17H,3-7,24,26H2,1-2H3,(H2,25,29)(H2,27,28,31);1-2H;1H/b15-13-;;. The average molecular weight is 477 g/mol. The Morgan fingerprint density at radius 1 is 1.17 bits per heavy atom. The molecule has 1 fully saturated rings. The highest BCUT2D eigenvalue weighted by Crippen LogP contribution is 2.28. The smallest absolute Gasteiger partial charge is 0.261 e. The molecule has 8 N–H and O–H groups in total. The monoisotopic (exact) mass is 476 g/mol. The maximum absolute atomic E-state index is 12.5. The first-order valence-electron chi connectivity index (χ1n) is 11.3. The number of aromatic amines is 1. The van der Waals surface area contributed by atoms with Crippen molar-refractivity contribution in [3.63, 3.8) is 0 Å². The Morgan fingerprint density at radius 3 is 2.34 bits per heavy atom. The Labute approximate surface area is 207 Å². The zero-order valence-electron chi connectivity index (χ0n) is 20.4. The van der Waals surface area contributed by atoms with E-state index in [0.717, 1.165) is 24.1 Å². The van der Waals surface area contributed by atoms with Crippen LogP contribution in [0.2, 0.25) is 0 Å². The second-order valence-electron chi connectivity index (χ2n) is 8.43. The lowest BCUT2D eigenvalue weighted by atomic mass is 9.93. The summed E-state index contributed by atoms with van der Waals surface area (Å²) < 4.78 is 0. The van der Waals surface area contributed by atoms with Gasteiger partial charge in [0.25, 0.3) is 5.56 Å². The van der Waals surface area contributed by atoms with Crippen molar-refractivity contribution in [2.24, 2.45) is 22.3 Å². The quantitative estimate of drug-likeness (QED) is 0.134. The number of nitriles is 1. The van der Waals surface area contributed by atoms with E-state index in [1.807, 2.05) is 44.2 Å². The summed E-state index contributed by atoms with van der Waals surface area (Å²) in [5.74, 6) is 6.25. The predicted molar refractivity (Wildman–Crippen MR) is 143 cm³/mol. The molecular formula is C26H36N8O. The number of nitrogens with one attached hydrogen (secondary N) is 2. The zero-order valence-corrected chi connectivity index (χ0v) is 20.4. The van der Waals surface area contributed by atoms with E-state index >= 15 is 0 Å². The number of terminal acetylenes is 1. The van der Waals surface area contributed by atoms with Crippen molar-refractivity contribution in [3.8, 4) is 19.4 Å². The summed E-state index contributed by atoms with van der Waals surface area (Å²) >= 11 is 0. The molecule has 186 valence electrons. The van der Waals surface area contributed by atoms with E-state index < -0.39 is 5.54 Å². The van der Waals surface area contributed by atoms with Crippen LogP contribution in [-0.2, 0) is 5.54 Å². The van der Waals surface area contributed by atoms with Crippen LogP contribution in [0.5, 0.6) is 0 Å². The number of aliphatic imine (C=N–C) groups is 1. The third-order valence-corrected chi connectivity index (χ3v) is 5.90. The minimum atomic E-state index is -0.461. The lowest BCUT2D eigenvalue weighted by molar-refractivity contribution is 0.189. The molecule has 1 heterocycles. The van der Waals surface area contributed by atoms with Crippen molar-refractivity contribution < 1.29 is 0 Å². The number of nitrogens with two attached hydrogens (primary N) is 3. The lowest BCUT2D eigenvalue weighted by Crippen LogP contribution is -2.42. The largest absolute Gasteiger partial charge is 0.403 e. The minimum Gasteiger partial charge on any atom is -0.403 e. The Bertz CT molecular complexity index is 1070. The molecule has 9 heteroatoms. The molecule has 2 aromatic rings.